The number of amides is 4. The molecule has 0 saturated carbocycles. The van der Waals surface area contributed by atoms with Crippen molar-refractivity contribution in [2.75, 3.05) is 11.2 Å². The summed E-state index contributed by atoms with van der Waals surface area (Å²) in [5.41, 5.74) is 2.54. The first-order chi connectivity index (χ1) is 20.5. The highest BCUT2D eigenvalue weighted by Crippen LogP contribution is 2.24. The predicted molar refractivity (Wildman–Crippen MR) is 149 cm³/mol. The molecule has 19 nitrogen and oxygen atoms in total. The van der Waals surface area contributed by atoms with E-state index in [9.17, 15) is 47.1 Å². The van der Waals surface area contributed by atoms with Gasteiger partial charge in [0.15, 0.2) is 16.9 Å². The molecule has 22 heteroatoms. The number of nitrogens with one attached hydrogen (secondary N) is 2. The Kier molecular flexibility index (Phi) is 10.2. The summed E-state index contributed by atoms with van der Waals surface area (Å²) in [5.74, 6) is -6.08. The number of nitro groups is 1. The molecule has 236 valence electrons. The molecule has 1 saturated heterocycles. The van der Waals surface area contributed by atoms with Crippen molar-refractivity contribution in [1.29, 1.82) is 0 Å². The van der Waals surface area contributed by atoms with E-state index in [0.29, 0.717) is 5.56 Å². The molecule has 1 fully saturated rings. The van der Waals surface area contributed by atoms with Gasteiger partial charge >= 0.3 is 16.3 Å². The fraction of sp³-hybridized carbons (Fsp3) is 0.318. The van der Waals surface area contributed by atoms with Crippen LogP contribution in [0.2, 0.25) is 0 Å². The normalized spacial score (nSPS) is 16.9. The van der Waals surface area contributed by atoms with Crippen LogP contribution < -0.4 is 16.4 Å². The summed E-state index contributed by atoms with van der Waals surface area (Å²) in [6.45, 7) is 2.14. The minimum atomic E-state index is -5.20. The Bertz CT molecular complexity index is 1640. The van der Waals surface area contributed by atoms with Crippen molar-refractivity contribution in [3.63, 3.8) is 0 Å². The Morgan fingerprint density at radius 2 is 1.91 bits per heavy atom. The lowest BCUT2D eigenvalue weighted by molar-refractivity contribution is -0.384. The molecular formula is C22H22ClN7O12S2. The summed E-state index contributed by atoms with van der Waals surface area (Å²) in [6.07, 6.45) is 0. The van der Waals surface area contributed by atoms with Gasteiger partial charge in [-0.2, -0.15) is 12.7 Å². The molecule has 0 aliphatic carbocycles. The van der Waals surface area contributed by atoms with Crippen LogP contribution >= 0.6 is 22.9 Å². The largest absolute Gasteiger partial charge is 0.458 e. The Balaban J connectivity index is 1.84. The van der Waals surface area contributed by atoms with Gasteiger partial charge in [0, 0.05) is 17.5 Å². The number of hydrogen-bond acceptors (Lipinski definition) is 14. The summed E-state index contributed by atoms with van der Waals surface area (Å²) in [7, 11) is -5.20. The van der Waals surface area contributed by atoms with E-state index in [1.54, 1.807) is 0 Å². The molecule has 44 heavy (non-hydrogen) atoms. The standard InChI is InChI=1S/C22H22ClN7O12S2/c1-22(2,20(35)41-8-10-3-5-11(6-4-10)30(36)37)42-28-14(12-9-43-21(25-12)26-13(31)7-23)18(33)27-15-16(17(24)32)29(19(15)34)44(38,39)40/h3-6,9,15-16H,7-8H2,1-2H3,(H2,24,32)(H,27,33)(H,25,26,31)(H,38,39,40)/b28-14-. The molecule has 0 spiro atoms. The number of oxime groups is 1. The van der Waals surface area contributed by atoms with E-state index in [1.165, 1.54) is 43.5 Å². The van der Waals surface area contributed by atoms with Gasteiger partial charge in [-0.25, -0.2) is 9.78 Å². The summed E-state index contributed by atoms with van der Waals surface area (Å²) >= 11 is 6.29. The molecule has 1 aromatic carbocycles. The third-order valence-corrected chi connectivity index (χ3v) is 7.49. The van der Waals surface area contributed by atoms with E-state index < -0.39 is 74.1 Å². The number of alkyl halides is 1. The van der Waals surface area contributed by atoms with Crippen LogP contribution in [0.15, 0.2) is 34.8 Å². The van der Waals surface area contributed by atoms with Gasteiger partial charge in [0.2, 0.25) is 17.4 Å². The van der Waals surface area contributed by atoms with Crippen molar-refractivity contribution in [2.24, 2.45) is 10.9 Å². The summed E-state index contributed by atoms with van der Waals surface area (Å²) in [6, 6.07) is 1.33. The number of rotatable bonds is 13. The number of nitrogens with two attached hydrogens (primary N) is 1. The van der Waals surface area contributed by atoms with Gasteiger partial charge < -0.3 is 25.9 Å². The molecule has 3 rings (SSSR count). The summed E-state index contributed by atoms with van der Waals surface area (Å²) < 4.78 is 37.1. The van der Waals surface area contributed by atoms with Crippen LogP contribution in [0.25, 0.3) is 0 Å². The second-order valence-corrected chi connectivity index (χ2v) is 11.6. The maximum Gasteiger partial charge on any atom is 0.363 e. The highest BCUT2D eigenvalue weighted by Gasteiger charge is 2.57. The Morgan fingerprint density at radius 1 is 1.27 bits per heavy atom. The number of anilines is 1. The number of β-lactam (4-membered cyclic amide) rings is 1. The Labute approximate surface area is 256 Å². The average molecular weight is 676 g/mol. The molecule has 2 heterocycles. The van der Waals surface area contributed by atoms with Gasteiger partial charge in [0.1, 0.15) is 24.2 Å². The van der Waals surface area contributed by atoms with Gasteiger partial charge in [-0.15, -0.1) is 22.9 Å². The van der Waals surface area contributed by atoms with Crippen LogP contribution in [0.5, 0.6) is 0 Å². The fourth-order valence-corrected chi connectivity index (χ4v) is 5.01. The molecule has 4 amide bonds. The topological polar surface area (TPSA) is 280 Å². The first-order valence-corrected chi connectivity index (χ1v) is 14.7. The zero-order chi connectivity index (χ0) is 33.0. The molecule has 1 aliphatic rings. The molecule has 2 aromatic rings. The lowest BCUT2D eigenvalue weighted by Gasteiger charge is -2.41. The van der Waals surface area contributed by atoms with Gasteiger partial charge in [-0.1, -0.05) is 5.16 Å². The molecule has 2 atom stereocenters. The van der Waals surface area contributed by atoms with Gasteiger partial charge in [-0.05, 0) is 31.5 Å². The number of benzene rings is 1. The van der Waals surface area contributed by atoms with Crippen molar-refractivity contribution >= 4 is 79.4 Å². The van der Waals surface area contributed by atoms with Crippen molar-refractivity contribution in [3.05, 3.63) is 51.0 Å². The van der Waals surface area contributed by atoms with Crippen LogP contribution in [0, 0.1) is 10.1 Å². The number of non-ortho nitro benzene ring substituents is 1. The van der Waals surface area contributed by atoms with Crippen LogP contribution in [0.4, 0.5) is 10.8 Å². The number of esters is 1. The molecule has 0 radical (unpaired) electrons. The second-order valence-electron chi connectivity index (χ2n) is 9.17. The lowest BCUT2D eigenvalue weighted by atomic mass is 9.98. The third kappa shape index (κ3) is 7.80. The van der Waals surface area contributed by atoms with Gasteiger partial charge in [0.25, 0.3) is 17.5 Å². The minimum absolute atomic E-state index is 0.0415. The number of nitro benzene ring substituents is 1. The van der Waals surface area contributed by atoms with Crippen LogP contribution in [0.1, 0.15) is 25.1 Å². The van der Waals surface area contributed by atoms with E-state index >= 15 is 0 Å². The van der Waals surface area contributed by atoms with E-state index in [0.717, 1.165) is 11.3 Å². The number of primary amides is 1. The van der Waals surface area contributed by atoms with Crippen LogP contribution in [-0.4, -0.2) is 86.1 Å². The predicted octanol–water partition coefficient (Wildman–Crippen LogP) is -0.545. The molecule has 0 bridgehead atoms. The maximum atomic E-state index is 13.2. The first kappa shape index (κ1) is 33.8. The van der Waals surface area contributed by atoms with Crippen LogP contribution in [0.3, 0.4) is 0 Å². The molecule has 1 aliphatic heterocycles. The summed E-state index contributed by atoms with van der Waals surface area (Å²) in [5, 5.41) is 20.1. The van der Waals surface area contributed by atoms with Crippen molar-refractivity contribution in [3.8, 4) is 0 Å². The van der Waals surface area contributed by atoms with E-state index in [-0.39, 0.29) is 27.4 Å². The summed E-state index contributed by atoms with van der Waals surface area (Å²) in [4.78, 5) is 81.2. The molecule has 5 N–H and O–H groups in total. The number of halogens is 1. The van der Waals surface area contributed by atoms with Gasteiger partial charge in [-0.3, -0.25) is 33.8 Å². The third-order valence-electron chi connectivity index (χ3n) is 5.58. The zero-order valence-corrected chi connectivity index (χ0v) is 24.8. The highest BCUT2D eigenvalue weighted by atomic mass is 35.5. The monoisotopic (exact) mass is 675 g/mol. The zero-order valence-electron chi connectivity index (χ0n) is 22.5. The number of carbonyl (C=O) groups is 5. The average Bonchev–Trinajstić information content (AvgIpc) is 3.39. The number of ether oxygens (including phenoxy) is 1. The van der Waals surface area contributed by atoms with E-state index in [1.807, 2.05) is 0 Å². The first-order valence-electron chi connectivity index (χ1n) is 11.9. The minimum Gasteiger partial charge on any atom is -0.458 e. The highest BCUT2D eigenvalue weighted by molar-refractivity contribution is 7.84. The number of carbonyl (C=O) groups excluding carboxylic acids is 5. The Hall–Kier alpha value is -4.73. The van der Waals surface area contributed by atoms with Crippen molar-refractivity contribution in [2.45, 2.75) is 38.1 Å². The number of aromatic nitrogens is 1. The SMILES string of the molecule is CC(C)(O/N=C(\C(=O)NC1C(=O)N(S(=O)(=O)O)C1C(N)=O)c1csc(NC(=O)CCl)n1)C(=O)OCc1ccc([N+](=O)[O-])cc1. The van der Waals surface area contributed by atoms with Crippen LogP contribution in [-0.2, 0) is 50.5 Å². The quantitative estimate of drug-likeness (QED) is 0.0395. The second kappa shape index (κ2) is 13.3. The van der Waals surface area contributed by atoms with Crippen molar-refractivity contribution < 1.29 is 51.4 Å². The van der Waals surface area contributed by atoms with Crippen molar-refractivity contribution in [1.82, 2.24) is 14.6 Å². The smallest absolute Gasteiger partial charge is 0.363 e. The number of nitrogens with zero attached hydrogens (tertiary/aromatic N) is 4. The Morgan fingerprint density at radius 3 is 2.45 bits per heavy atom. The molecule has 2 unspecified atom stereocenters. The lowest BCUT2D eigenvalue weighted by Crippen LogP contribution is -2.75. The molecular weight excluding hydrogens is 654 g/mol. The maximum absolute atomic E-state index is 13.2. The van der Waals surface area contributed by atoms with E-state index in [2.05, 4.69) is 20.8 Å². The van der Waals surface area contributed by atoms with E-state index in [4.69, 9.17) is 26.9 Å². The fourth-order valence-electron chi connectivity index (χ4n) is 3.38. The number of thiazole rings is 1. The van der Waals surface area contributed by atoms with Gasteiger partial charge in [0.05, 0.1) is 4.92 Å². The number of hydrogen-bond donors (Lipinski definition) is 4. The molecule has 1 aromatic heterocycles.